The Morgan fingerprint density at radius 2 is 1.67 bits per heavy atom. The molecule has 0 aromatic heterocycles. The largest absolute Gasteiger partial charge is 0.348 e. The number of rotatable bonds is 3. The van der Waals surface area contributed by atoms with Gasteiger partial charge in [-0.25, -0.2) is 0 Å². The first-order chi connectivity index (χ1) is 9.99. The minimum Gasteiger partial charge on any atom is -0.348 e. The van der Waals surface area contributed by atoms with Crippen molar-refractivity contribution >= 4 is 15.9 Å². The molecule has 4 heteroatoms. The van der Waals surface area contributed by atoms with Crippen LogP contribution < -0.4 is 5.32 Å². The molecule has 0 unspecified atom stereocenters. The Morgan fingerprint density at radius 3 is 2.24 bits per heavy atom. The molecule has 116 valence electrons. The molecule has 1 aliphatic heterocycles. The number of nitrogens with one attached hydrogen (secondary N) is 1. The van der Waals surface area contributed by atoms with Crippen LogP contribution in [-0.4, -0.2) is 25.0 Å². The summed E-state index contributed by atoms with van der Waals surface area (Å²) in [6, 6.07) is 9.11. The Kier molecular flexibility index (Phi) is 4.42. The lowest BCUT2D eigenvalue weighted by atomic mass is 9.86. The Hall–Kier alpha value is -0.420. The first-order valence-corrected chi connectivity index (χ1v) is 8.60. The third kappa shape index (κ3) is 3.50. The third-order valence-electron chi connectivity index (χ3n) is 4.69. The van der Waals surface area contributed by atoms with Crippen LogP contribution in [-0.2, 0) is 15.0 Å². The molecule has 0 bridgehead atoms. The topological polar surface area (TPSA) is 30.5 Å². The molecule has 1 aromatic carbocycles. The first-order valence-electron chi connectivity index (χ1n) is 7.81. The van der Waals surface area contributed by atoms with Gasteiger partial charge in [-0.2, -0.15) is 0 Å². The van der Waals surface area contributed by atoms with Gasteiger partial charge in [0, 0.05) is 28.9 Å². The Labute approximate surface area is 135 Å². The van der Waals surface area contributed by atoms with Crippen LogP contribution in [0, 0.1) is 0 Å². The molecular formula is C17H24BrNO2. The van der Waals surface area contributed by atoms with Gasteiger partial charge < -0.3 is 14.8 Å². The molecule has 2 aliphatic rings. The normalized spacial score (nSPS) is 22.8. The van der Waals surface area contributed by atoms with Crippen LogP contribution in [0.25, 0.3) is 0 Å². The molecule has 0 radical (unpaired) electrons. The van der Waals surface area contributed by atoms with E-state index in [1.54, 1.807) is 0 Å². The van der Waals surface area contributed by atoms with Crippen LogP contribution in [0.5, 0.6) is 0 Å². The summed E-state index contributed by atoms with van der Waals surface area (Å²) in [5.74, 6) is -0.264. The fraction of sp³-hybridized carbons (Fsp3) is 0.647. The zero-order valence-electron chi connectivity index (χ0n) is 12.8. The van der Waals surface area contributed by atoms with E-state index < -0.39 is 0 Å². The van der Waals surface area contributed by atoms with Crippen molar-refractivity contribution in [2.75, 3.05) is 13.2 Å². The number of hydrogen-bond donors (Lipinski definition) is 1. The molecule has 0 atom stereocenters. The van der Waals surface area contributed by atoms with Crippen LogP contribution >= 0.6 is 15.9 Å². The van der Waals surface area contributed by atoms with Crippen molar-refractivity contribution in [2.24, 2.45) is 0 Å². The third-order valence-corrected chi connectivity index (χ3v) is 5.22. The van der Waals surface area contributed by atoms with Crippen LogP contribution in [0.1, 0.15) is 45.1 Å². The monoisotopic (exact) mass is 353 g/mol. The maximum Gasteiger partial charge on any atom is 0.168 e. The summed E-state index contributed by atoms with van der Waals surface area (Å²) < 4.78 is 12.7. The van der Waals surface area contributed by atoms with Gasteiger partial charge in [0.2, 0.25) is 0 Å². The van der Waals surface area contributed by atoms with Crippen molar-refractivity contribution < 1.29 is 9.47 Å². The fourth-order valence-electron chi connectivity index (χ4n) is 3.45. The highest BCUT2D eigenvalue weighted by atomic mass is 79.9. The molecule has 1 spiro atoms. The van der Waals surface area contributed by atoms with E-state index >= 15 is 0 Å². The average molecular weight is 354 g/mol. The van der Waals surface area contributed by atoms with Gasteiger partial charge in [0.15, 0.2) is 5.79 Å². The van der Waals surface area contributed by atoms with E-state index in [1.807, 2.05) is 0 Å². The first kappa shape index (κ1) is 15.5. The van der Waals surface area contributed by atoms with Crippen molar-refractivity contribution in [2.45, 2.75) is 56.9 Å². The molecule has 1 aromatic rings. The molecule has 0 amide bonds. The molecule has 1 heterocycles. The number of hydrogen-bond acceptors (Lipinski definition) is 3. The van der Waals surface area contributed by atoms with E-state index in [2.05, 4.69) is 59.4 Å². The summed E-state index contributed by atoms with van der Waals surface area (Å²) in [4.78, 5) is 0. The second-order valence-corrected chi connectivity index (χ2v) is 7.57. The maximum absolute atomic E-state index is 5.80. The van der Waals surface area contributed by atoms with E-state index in [4.69, 9.17) is 9.47 Å². The molecular weight excluding hydrogens is 330 g/mol. The summed E-state index contributed by atoms with van der Waals surface area (Å²) in [6.45, 7) is 6.01. The lowest BCUT2D eigenvalue weighted by molar-refractivity contribution is -0.180. The zero-order chi connectivity index (χ0) is 14.9. The molecule has 1 aliphatic carbocycles. The highest BCUT2D eigenvalue weighted by Gasteiger charge is 2.41. The standard InChI is InChI=1S/C17H24BrNO2/c1-16(2,13-3-5-14(18)6-4-13)19-15-7-9-17(10-8-15)20-11-12-21-17/h3-6,15,19H,7-12H2,1-2H3. The average Bonchev–Trinajstić information content (AvgIpc) is 2.90. The summed E-state index contributed by atoms with van der Waals surface area (Å²) >= 11 is 3.50. The summed E-state index contributed by atoms with van der Waals surface area (Å²) in [6.07, 6.45) is 4.22. The fourth-order valence-corrected chi connectivity index (χ4v) is 3.71. The second kappa shape index (κ2) is 5.99. The van der Waals surface area contributed by atoms with Crippen LogP contribution in [0.4, 0.5) is 0 Å². The van der Waals surface area contributed by atoms with E-state index in [0.29, 0.717) is 6.04 Å². The minimum atomic E-state index is -0.264. The predicted molar refractivity (Wildman–Crippen MR) is 87.2 cm³/mol. The SMILES string of the molecule is CC(C)(NC1CCC2(CC1)OCCO2)c1ccc(Br)cc1. The second-order valence-electron chi connectivity index (χ2n) is 6.66. The smallest absolute Gasteiger partial charge is 0.168 e. The highest BCUT2D eigenvalue weighted by molar-refractivity contribution is 9.10. The van der Waals surface area contributed by atoms with Crippen molar-refractivity contribution in [1.29, 1.82) is 0 Å². The molecule has 21 heavy (non-hydrogen) atoms. The van der Waals surface area contributed by atoms with Crippen molar-refractivity contribution in [3.05, 3.63) is 34.3 Å². The lowest BCUT2D eigenvalue weighted by Crippen LogP contribution is -2.48. The summed E-state index contributed by atoms with van der Waals surface area (Å²) in [7, 11) is 0. The molecule has 1 saturated heterocycles. The van der Waals surface area contributed by atoms with Gasteiger partial charge in [-0.15, -0.1) is 0 Å². The zero-order valence-corrected chi connectivity index (χ0v) is 14.4. The molecule has 1 N–H and O–H groups in total. The van der Waals surface area contributed by atoms with E-state index in [1.165, 1.54) is 5.56 Å². The van der Waals surface area contributed by atoms with Gasteiger partial charge in [-0.1, -0.05) is 28.1 Å². The van der Waals surface area contributed by atoms with Crippen LogP contribution in [0.3, 0.4) is 0 Å². The summed E-state index contributed by atoms with van der Waals surface area (Å²) in [5, 5.41) is 3.81. The van der Waals surface area contributed by atoms with Gasteiger partial charge in [-0.05, 0) is 44.4 Å². The van der Waals surface area contributed by atoms with E-state index in [0.717, 1.165) is 43.4 Å². The molecule has 2 fully saturated rings. The van der Waals surface area contributed by atoms with Gasteiger partial charge in [-0.3, -0.25) is 0 Å². The van der Waals surface area contributed by atoms with Crippen LogP contribution in [0.15, 0.2) is 28.7 Å². The van der Waals surface area contributed by atoms with Gasteiger partial charge in [0.25, 0.3) is 0 Å². The Bertz CT molecular complexity index is 470. The quantitative estimate of drug-likeness (QED) is 0.891. The van der Waals surface area contributed by atoms with E-state index in [-0.39, 0.29) is 11.3 Å². The number of halogens is 1. The number of ether oxygens (including phenoxy) is 2. The summed E-state index contributed by atoms with van der Waals surface area (Å²) in [5.41, 5.74) is 1.30. The van der Waals surface area contributed by atoms with Gasteiger partial charge >= 0.3 is 0 Å². The van der Waals surface area contributed by atoms with Gasteiger partial charge in [0.1, 0.15) is 0 Å². The predicted octanol–water partition coefficient (Wildman–Crippen LogP) is 3.96. The van der Waals surface area contributed by atoms with Gasteiger partial charge in [0.05, 0.1) is 13.2 Å². The Morgan fingerprint density at radius 1 is 1.10 bits per heavy atom. The van der Waals surface area contributed by atoms with Crippen molar-refractivity contribution in [1.82, 2.24) is 5.32 Å². The maximum atomic E-state index is 5.80. The Balaban J connectivity index is 1.60. The molecule has 1 saturated carbocycles. The van der Waals surface area contributed by atoms with Crippen molar-refractivity contribution in [3.8, 4) is 0 Å². The molecule has 3 rings (SSSR count). The van der Waals surface area contributed by atoms with Crippen molar-refractivity contribution in [3.63, 3.8) is 0 Å². The minimum absolute atomic E-state index is 0.0206. The lowest BCUT2D eigenvalue weighted by Gasteiger charge is -2.39. The number of benzene rings is 1. The highest BCUT2D eigenvalue weighted by Crippen LogP contribution is 2.37. The van der Waals surface area contributed by atoms with E-state index in [9.17, 15) is 0 Å². The molecule has 3 nitrogen and oxygen atoms in total. The van der Waals surface area contributed by atoms with Crippen LogP contribution in [0.2, 0.25) is 0 Å².